The Bertz CT molecular complexity index is 533. The number of nitrogens with zero attached hydrogens (tertiary/aromatic N) is 1. The van der Waals surface area contributed by atoms with Crippen LogP contribution in [0.25, 0.3) is 11.3 Å². The molecule has 0 aliphatic carbocycles. The van der Waals surface area contributed by atoms with Gasteiger partial charge < -0.3 is 14.4 Å². The van der Waals surface area contributed by atoms with Gasteiger partial charge in [0.1, 0.15) is 5.56 Å². The topological polar surface area (TPSA) is 72.6 Å². The van der Waals surface area contributed by atoms with Crippen LogP contribution in [-0.4, -0.2) is 23.3 Å². The number of hydrogen-bond acceptors (Lipinski definition) is 4. The van der Waals surface area contributed by atoms with E-state index >= 15 is 0 Å². The quantitative estimate of drug-likeness (QED) is 0.876. The summed E-state index contributed by atoms with van der Waals surface area (Å²) in [5.41, 5.74) is 1.67. The van der Waals surface area contributed by atoms with Crippen LogP contribution in [0.15, 0.2) is 35.0 Å². The Morgan fingerprint density at radius 1 is 1.53 bits per heavy atom. The van der Waals surface area contributed by atoms with Crippen molar-refractivity contribution < 1.29 is 19.2 Å². The number of ether oxygens (including phenoxy) is 1. The molecule has 0 radical (unpaired) electrons. The van der Waals surface area contributed by atoms with Gasteiger partial charge in [0.25, 0.3) is 0 Å². The lowest BCUT2D eigenvalue weighted by Gasteiger charge is -2.02. The highest BCUT2D eigenvalue weighted by Crippen LogP contribution is 2.24. The number of aromatic carboxylic acids is 1. The van der Waals surface area contributed by atoms with Gasteiger partial charge in [-0.25, -0.2) is 4.79 Å². The molecule has 0 saturated carbocycles. The molecule has 0 amide bonds. The Hall–Kier alpha value is -2.14. The summed E-state index contributed by atoms with van der Waals surface area (Å²) in [6, 6.07) is 7.30. The molecule has 2 aromatic rings. The Labute approximate surface area is 97.6 Å². The average molecular weight is 233 g/mol. The number of methoxy groups -OCH3 is 1. The maximum absolute atomic E-state index is 10.9. The van der Waals surface area contributed by atoms with Gasteiger partial charge in [0.15, 0.2) is 5.76 Å². The number of aromatic nitrogens is 1. The molecule has 2 rings (SSSR count). The highest BCUT2D eigenvalue weighted by molar-refractivity contribution is 5.93. The predicted octanol–water partition coefficient (Wildman–Crippen LogP) is 2.19. The molecular formula is C12H11NO4. The second-order valence-electron chi connectivity index (χ2n) is 3.51. The minimum atomic E-state index is -1.06. The van der Waals surface area contributed by atoms with E-state index in [0.29, 0.717) is 12.2 Å². The minimum absolute atomic E-state index is 0.0552. The Morgan fingerprint density at radius 3 is 3.06 bits per heavy atom. The van der Waals surface area contributed by atoms with Gasteiger partial charge in [-0.3, -0.25) is 0 Å². The molecular weight excluding hydrogens is 222 g/mol. The van der Waals surface area contributed by atoms with Gasteiger partial charge in [-0.05, 0) is 11.6 Å². The molecule has 1 aromatic heterocycles. The number of rotatable bonds is 4. The summed E-state index contributed by atoms with van der Waals surface area (Å²) in [6.45, 7) is 0.463. The Morgan fingerprint density at radius 2 is 2.35 bits per heavy atom. The first-order chi connectivity index (χ1) is 8.22. The number of carboxylic acid groups (broad SMARTS) is 1. The largest absolute Gasteiger partial charge is 0.477 e. The lowest BCUT2D eigenvalue weighted by Crippen LogP contribution is -1.96. The van der Waals surface area contributed by atoms with Crippen molar-refractivity contribution in [3.8, 4) is 11.3 Å². The van der Waals surface area contributed by atoms with Crippen LogP contribution in [0.4, 0.5) is 0 Å². The molecule has 0 unspecified atom stereocenters. The van der Waals surface area contributed by atoms with E-state index in [4.69, 9.17) is 14.4 Å². The van der Waals surface area contributed by atoms with E-state index in [1.165, 1.54) is 6.20 Å². The molecule has 17 heavy (non-hydrogen) atoms. The summed E-state index contributed by atoms with van der Waals surface area (Å²) < 4.78 is 9.99. The zero-order valence-electron chi connectivity index (χ0n) is 9.21. The van der Waals surface area contributed by atoms with Gasteiger partial charge in [-0.1, -0.05) is 23.4 Å². The second-order valence-corrected chi connectivity index (χ2v) is 3.51. The SMILES string of the molecule is COCc1cccc(-c2oncc2C(=O)O)c1. The average Bonchev–Trinajstić information content (AvgIpc) is 2.79. The van der Waals surface area contributed by atoms with E-state index in [1.54, 1.807) is 13.2 Å². The Balaban J connectivity index is 2.42. The van der Waals surface area contributed by atoms with E-state index in [0.717, 1.165) is 5.56 Å². The highest BCUT2D eigenvalue weighted by Gasteiger charge is 2.16. The van der Waals surface area contributed by atoms with Crippen molar-refractivity contribution in [3.05, 3.63) is 41.6 Å². The van der Waals surface area contributed by atoms with Gasteiger partial charge in [-0.15, -0.1) is 0 Å². The summed E-state index contributed by atoms with van der Waals surface area (Å²) in [4.78, 5) is 10.9. The standard InChI is InChI=1S/C12H11NO4/c1-16-7-8-3-2-4-9(5-8)11-10(12(14)15)6-13-17-11/h2-6H,7H2,1H3,(H,14,15). The maximum atomic E-state index is 10.9. The van der Waals surface area contributed by atoms with Crippen LogP contribution in [0, 0.1) is 0 Å². The second kappa shape index (κ2) is 4.80. The smallest absolute Gasteiger partial charge is 0.341 e. The van der Waals surface area contributed by atoms with Crippen molar-refractivity contribution >= 4 is 5.97 Å². The zero-order valence-corrected chi connectivity index (χ0v) is 9.21. The molecule has 0 saturated heterocycles. The lowest BCUT2D eigenvalue weighted by atomic mass is 10.1. The molecule has 1 N–H and O–H groups in total. The van der Waals surface area contributed by atoms with Gasteiger partial charge in [-0.2, -0.15) is 0 Å². The van der Waals surface area contributed by atoms with E-state index < -0.39 is 5.97 Å². The lowest BCUT2D eigenvalue weighted by molar-refractivity contribution is 0.0697. The minimum Gasteiger partial charge on any atom is -0.477 e. The summed E-state index contributed by atoms with van der Waals surface area (Å²) in [5.74, 6) is -0.797. The third-order valence-electron chi connectivity index (χ3n) is 2.30. The molecule has 0 fully saturated rings. The third kappa shape index (κ3) is 2.34. The molecule has 5 heteroatoms. The van der Waals surface area contributed by atoms with Crippen molar-refractivity contribution in [2.45, 2.75) is 6.61 Å². The first-order valence-electron chi connectivity index (χ1n) is 4.98. The molecule has 0 aliphatic rings. The highest BCUT2D eigenvalue weighted by atomic mass is 16.5. The number of benzene rings is 1. The Kier molecular flexibility index (Phi) is 3.20. The molecule has 88 valence electrons. The maximum Gasteiger partial charge on any atom is 0.341 e. The first kappa shape index (κ1) is 11.3. The van der Waals surface area contributed by atoms with E-state index in [2.05, 4.69) is 5.16 Å². The zero-order chi connectivity index (χ0) is 12.3. The van der Waals surface area contributed by atoms with E-state index in [9.17, 15) is 4.79 Å². The normalized spacial score (nSPS) is 10.4. The van der Waals surface area contributed by atoms with Crippen LogP contribution in [0.2, 0.25) is 0 Å². The van der Waals surface area contributed by atoms with Crippen molar-refractivity contribution in [3.63, 3.8) is 0 Å². The summed E-state index contributed by atoms with van der Waals surface area (Å²) >= 11 is 0. The summed E-state index contributed by atoms with van der Waals surface area (Å²) in [7, 11) is 1.60. The molecule has 0 aliphatic heterocycles. The van der Waals surface area contributed by atoms with Crippen LogP contribution in [0.5, 0.6) is 0 Å². The molecule has 1 aromatic carbocycles. The van der Waals surface area contributed by atoms with Gasteiger partial charge in [0, 0.05) is 12.7 Å². The fraction of sp³-hybridized carbons (Fsp3) is 0.167. The van der Waals surface area contributed by atoms with Gasteiger partial charge in [0.05, 0.1) is 12.8 Å². The number of hydrogen-bond donors (Lipinski definition) is 1. The van der Waals surface area contributed by atoms with Gasteiger partial charge in [0.2, 0.25) is 0 Å². The molecule has 0 atom stereocenters. The monoisotopic (exact) mass is 233 g/mol. The summed E-state index contributed by atoms with van der Waals surface area (Å²) in [6.07, 6.45) is 1.20. The van der Waals surface area contributed by atoms with Crippen LogP contribution < -0.4 is 0 Å². The van der Waals surface area contributed by atoms with Crippen LogP contribution in [0.3, 0.4) is 0 Å². The number of carboxylic acids is 1. The van der Waals surface area contributed by atoms with Crippen molar-refractivity contribution in [1.82, 2.24) is 5.16 Å². The molecule has 0 spiro atoms. The van der Waals surface area contributed by atoms with E-state index in [1.807, 2.05) is 18.2 Å². The molecule has 5 nitrogen and oxygen atoms in total. The molecule has 1 heterocycles. The van der Waals surface area contributed by atoms with Crippen molar-refractivity contribution in [2.75, 3.05) is 7.11 Å². The predicted molar refractivity (Wildman–Crippen MR) is 59.6 cm³/mol. The van der Waals surface area contributed by atoms with Crippen LogP contribution >= 0.6 is 0 Å². The fourth-order valence-corrected chi connectivity index (χ4v) is 1.57. The van der Waals surface area contributed by atoms with Crippen LogP contribution in [0.1, 0.15) is 15.9 Å². The van der Waals surface area contributed by atoms with Gasteiger partial charge >= 0.3 is 5.97 Å². The van der Waals surface area contributed by atoms with Crippen molar-refractivity contribution in [1.29, 1.82) is 0 Å². The number of carbonyl (C=O) groups is 1. The first-order valence-corrected chi connectivity index (χ1v) is 4.98. The van der Waals surface area contributed by atoms with Crippen LogP contribution in [-0.2, 0) is 11.3 Å². The third-order valence-corrected chi connectivity index (χ3v) is 2.30. The summed E-state index contributed by atoms with van der Waals surface area (Å²) in [5, 5.41) is 12.5. The fourth-order valence-electron chi connectivity index (χ4n) is 1.57. The molecule has 0 bridgehead atoms. The van der Waals surface area contributed by atoms with Crippen molar-refractivity contribution in [2.24, 2.45) is 0 Å². The van der Waals surface area contributed by atoms with E-state index in [-0.39, 0.29) is 11.3 Å².